The van der Waals surface area contributed by atoms with Gasteiger partial charge in [-0.2, -0.15) is 26.3 Å². The average molecular weight is 457 g/mol. The van der Waals surface area contributed by atoms with Crippen LogP contribution in [0.15, 0.2) is 18.2 Å². The van der Waals surface area contributed by atoms with Crippen molar-refractivity contribution in [2.75, 3.05) is 12.4 Å². The lowest BCUT2D eigenvalue weighted by Crippen LogP contribution is -2.46. The van der Waals surface area contributed by atoms with E-state index in [2.05, 4.69) is 28.8 Å². The van der Waals surface area contributed by atoms with Crippen LogP contribution in [0.2, 0.25) is 0 Å². The van der Waals surface area contributed by atoms with E-state index < -0.39 is 35.2 Å². The topological polar surface area (TPSA) is 44.4 Å². The maximum Gasteiger partial charge on any atom is 0.416 e. The molecule has 11 heteroatoms. The van der Waals surface area contributed by atoms with Crippen molar-refractivity contribution in [1.29, 1.82) is 0 Å². The van der Waals surface area contributed by atoms with E-state index in [1.807, 2.05) is 7.05 Å². The highest BCUT2D eigenvalue weighted by Crippen LogP contribution is 2.37. The quantitative estimate of drug-likeness (QED) is 0.412. The Morgan fingerprint density at radius 3 is 2.07 bits per heavy atom. The summed E-state index contributed by atoms with van der Waals surface area (Å²) in [5.41, 5.74) is -3.54. The number of alkyl halides is 6. The molecule has 2 rings (SSSR count). The third kappa shape index (κ3) is 6.69. The standard InChI is InChI=1S/C19H25F6N3OS/c1-11(2)28(3)15-6-4-5-7-16(15)30-27-17(29)26-14-9-12(18(20,21)22)8-13(10-14)19(23,24)25/h8-11,15-16H,4-7H2,1-3H3,(H2,26,27,29). The number of carbonyl (C=O) groups excluding carboxylic acids is 1. The molecule has 0 spiro atoms. The minimum Gasteiger partial charge on any atom is -0.307 e. The predicted molar refractivity (Wildman–Crippen MR) is 105 cm³/mol. The maximum atomic E-state index is 12.9. The summed E-state index contributed by atoms with van der Waals surface area (Å²) in [4.78, 5) is 14.4. The van der Waals surface area contributed by atoms with Crippen LogP contribution in [0.4, 0.5) is 36.8 Å². The first-order valence-corrected chi connectivity index (χ1v) is 10.4. The van der Waals surface area contributed by atoms with E-state index in [1.165, 1.54) is 0 Å². The molecule has 2 unspecified atom stereocenters. The Morgan fingerprint density at radius 1 is 1.03 bits per heavy atom. The molecular formula is C19H25F6N3OS. The SMILES string of the molecule is CC(C)N(C)C1CCCCC1SNC(=O)Nc1cc(C(F)(F)F)cc(C(F)(F)F)c1. The molecule has 0 bridgehead atoms. The molecule has 0 aromatic heterocycles. The zero-order valence-electron chi connectivity index (χ0n) is 16.8. The first-order chi connectivity index (χ1) is 13.8. The lowest BCUT2D eigenvalue weighted by molar-refractivity contribution is -0.143. The second-order valence-corrected chi connectivity index (χ2v) is 8.66. The van der Waals surface area contributed by atoms with Crippen LogP contribution in [0.5, 0.6) is 0 Å². The molecular weight excluding hydrogens is 432 g/mol. The van der Waals surface area contributed by atoms with Crippen LogP contribution in [0.1, 0.15) is 50.7 Å². The zero-order valence-corrected chi connectivity index (χ0v) is 17.6. The van der Waals surface area contributed by atoms with Crippen LogP contribution in [-0.4, -0.2) is 35.3 Å². The highest BCUT2D eigenvalue weighted by molar-refractivity contribution is 7.98. The van der Waals surface area contributed by atoms with E-state index in [4.69, 9.17) is 0 Å². The second-order valence-electron chi connectivity index (χ2n) is 7.62. The molecule has 1 aromatic carbocycles. The van der Waals surface area contributed by atoms with Crippen molar-refractivity contribution >= 4 is 23.7 Å². The van der Waals surface area contributed by atoms with Crippen molar-refractivity contribution in [3.8, 4) is 0 Å². The molecule has 2 atom stereocenters. The third-order valence-electron chi connectivity index (χ3n) is 5.15. The number of halogens is 6. The number of rotatable bonds is 5. The number of nitrogens with zero attached hydrogens (tertiary/aromatic N) is 1. The lowest BCUT2D eigenvalue weighted by atomic mass is 9.93. The van der Waals surface area contributed by atoms with E-state index in [1.54, 1.807) is 0 Å². The van der Waals surface area contributed by atoms with Gasteiger partial charge in [0, 0.05) is 23.0 Å². The van der Waals surface area contributed by atoms with Gasteiger partial charge in [-0.25, -0.2) is 4.79 Å². The van der Waals surface area contributed by atoms with Crippen molar-refractivity contribution in [2.24, 2.45) is 0 Å². The van der Waals surface area contributed by atoms with Gasteiger partial charge in [-0.1, -0.05) is 12.8 Å². The molecule has 0 heterocycles. The van der Waals surface area contributed by atoms with Crippen molar-refractivity contribution < 1.29 is 31.1 Å². The smallest absolute Gasteiger partial charge is 0.307 e. The Labute approximate surface area is 175 Å². The Bertz CT molecular complexity index is 706. The van der Waals surface area contributed by atoms with E-state index in [9.17, 15) is 31.1 Å². The van der Waals surface area contributed by atoms with Crippen LogP contribution in [0.25, 0.3) is 0 Å². The minimum atomic E-state index is -4.97. The van der Waals surface area contributed by atoms with E-state index in [0.29, 0.717) is 18.2 Å². The van der Waals surface area contributed by atoms with Gasteiger partial charge in [0.15, 0.2) is 0 Å². The van der Waals surface area contributed by atoms with Gasteiger partial charge in [0.25, 0.3) is 0 Å². The van der Waals surface area contributed by atoms with Gasteiger partial charge in [-0.3, -0.25) is 9.62 Å². The van der Waals surface area contributed by atoms with Gasteiger partial charge in [-0.15, -0.1) is 0 Å². The first kappa shape index (κ1) is 24.6. The molecule has 2 amide bonds. The fourth-order valence-electron chi connectivity index (χ4n) is 3.38. The van der Waals surface area contributed by atoms with Gasteiger partial charge in [-0.05, 0) is 63.9 Å². The monoisotopic (exact) mass is 457 g/mol. The third-order valence-corrected chi connectivity index (χ3v) is 6.31. The van der Waals surface area contributed by atoms with Gasteiger partial charge in [0.2, 0.25) is 0 Å². The highest BCUT2D eigenvalue weighted by Gasteiger charge is 2.37. The number of carbonyl (C=O) groups is 1. The summed E-state index contributed by atoms with van der Waals surface area (Å²) in [7, 11) is 2.00. The summed E-state index contributed by atoms with van der Waals surface area (Å²) < 4.78 is 80.2. The molecule has 0 radical (unpaired) electrons. The van der Waals surface area contributed by atoms with Crippen molar-refractivity contribution in [2.45, 2.75) is 69.2 Å². The largest absolute Gasteiger partial charge is 0.416 e. The molecule has 30 heavy (non-hydrogen) atoms. The average Bonchev–Trinajstić information content (AvgIpc) is 2.64. The summed E-state index contributed by atoms with van der Waals surface area (Å²) in [5.74, 6) is 0. The highest BCUT2D eigenvalue weighted by atomic mass is 32.2. The molecule has 1 aliphatic carbocycles. The zero-order chi connectivity index (χ0) is 22.7. The molecule has 1 saturated carbocycles. The molecule has 0 aliphatic heterocycles. The van der Waals surface area contributed by atoms with E-state index >= 15 is 0 Å². The number of amides is 2. The Morgan fingerprint density at radius 2 is 1.57 bits per heavy atom. The number of anilines is 1. The Kier molecular flexibility index (Phi) is 7.95. The number of hydrogen-bond donors (Lipinski definition) is 2. The summed E-state index contributed by atoms with van der Waals surface area (Å²) in [6, 6.07) is 0.631. The van der Waals surface area contributed by atoms with Crippen LogP contribution in [0.3, 0.4) is 0 Å². The second kappa shape index (κ2) is 9.67. The van der Waals surface area contributed by atoms with Gasteiger partial charge in [0.05, 0.1) is 11.1 Å². The number of nitrogens with one attached hydrogen (secondary N) is 2. The van der Waals surface area contributed by atoms with Crippen LogP contribution >= 0.6 is 11.9 Å². The predicted octanol–water partition coefficient (Wildman–Crippen LogP) is 6.15. The first-order valence-electron chi connectivity index (χ1n) is 9.53. The number of hydrogen-bond acceptors (Lipinski definition) is 3. The van der Waals surface area contributed by atoms with E-state index in [0.717, 1.165) is 37.6 Å². The fourth-order valence-corrected chi connectivity index (χ4v) is 4.46. The minimum absolute atomic E-state index is 0.0200. The van der Waals surface area contributed by atoms with Crippen LogP contribution in [0, 0.1) is 0 Å². The van der Waals surface area contributed by atoms with Crippen LogP contribution in [-0.2, 0) is 12.4 Å². The summed E-state index contributed by atoms with van der Waals surface area (Å²) in [5, 5.41) is 2.16. The summed E-state index contributed by atoms with van der Waals surface area (Å²) >= 11 is 1.15. The number of benzene rings is 1. The van der Waals surface area contributed by atoms with Gasteiger partial charge in [0.1, 0.15) is 0 Å². The number of urea groups is 1. The molecule has 1 aromatic rings. The Hall–Kier alpha value is -1.62. The molecule has 1 fully saturated rings. The van der Waals surface area contributed by atoms with Gasteiger partial charge < -0.3 is 5.32 Å². The fraction of sp³-hybridized carbons (Fsp3) is 0.632. The maximum absolute atomic E-state index is 12.9. The molecule has 4 nitrogen and oxygen atoms in total. The van der Waals surface area contributed by atoms with Crippen molar-refractivity contribution in [3.05, 3.63) is 29.3 Å². The summed E-state index contributed by atoms with van der Waals surface area (Å²) in [6.45, 7) is 4.12. The lowest BCUT2D eigenvalue weighted by Gasteiger charge is -2.39. The van der Waals surface area contributed by atoms with E-state index in [-0.39, 0.29) is 17.4 Å². The molecule has 170 valence electrons. The molecule has 2 N–H and O–H groups in total. The van der Waals surface area contributed by atoms with Crippen molar-refractivity contribution in [3.63, 3.8) is 0 Å². The van der Waals surface area contributed by atoms with Crippen LogP contribution < -0.4 is 10.0 Å². The normalized spacial score (nSPS) is 20.5. The van der Waals surface area contributed by atoms with Crippen molar-refractivity contribution in [1.82, 2.24) is 9.62 Å². The molecule has 1 aliphatic rings. The molecule has 0 saturated heterocycles. The van der Waals surface area contributed by atoms with Gasteiger partial charge >= 0.3 is 18.4 Å². The Balaban J connectivity index is 2.08. The summed E-state index contributed by atoms with van der Waals surface area (Å²) in [6.07, 6.45) is -6.08.